The van der Waals surface area contributed by atoms with Gasteiger partial charge < -0.3 is 52.3 Å². The summed E-state index contributed by atoms with van der Waals surface area (Å²) in [6.07, 6.45) is 2.71. The van der Waals surface area contributed by atoms with Gasteiger partial charge in [-0.25, -0.2) is 4.79 Å². The molecule has 8 atom stereocenters. The molecule has 1 rings (SSSR count). The number of hydrogen-bond acceptors (Lipinski definition) is 11. The minimum atomic E-state index is -2.20. The van der Waals surface area contributed by atoms with Gasteiger partial charge in [-0.1, -0.05) is 66.2 Å². The van der Waals surface area contributed by atoms with Crippen LogP contribution >= 0.6 is 12.6 Å². The highest BCUT2D eigenvalue weighted by atomic mass is 32.1. The fourth-order valence-electron chi connectivity index (χ4n) is 6.40. The van der Waals surface area contributed by atoms with Crippen LogP contribution in [-0.4, -0.2) is 122 Å². The standard InChI is InChI=1S/C36H58N6O14S/c1-6-18(4)28(33(51)39-23(13-20-10-8-7-9-11-20)30(48)40-25(16-57)36(55)56)41-31(49)22(12-17(2)3)38-34(52)29(21(35(53)54)14-26(44)45)42-32(50)24(15-27(46)47)37-19(5)43/h17-18,20-25,28-29,57H,6-16H2,1-5H3,(H,37,43)(H,38,52)(H,39,51)(H,40,48)(H,41,49)(H,42,50)(H,44,45)(H,46,47)(H,53,54)(H,55,56)/t18?,21?,22-,23-,24-,25-,28-,29+/m0/s1. The Balaban J connectivity index is 3.51. The van der Waals surface area contributed by atoms with Crippen LogP contribution in [0.3, 0.4) is 0 Å². The summed E-state index contributed by atoms with van der Waals surface area (Å²) in [7, 11) is 0. The number of carbonyl (C=O) groups is 10. The number of nitrogens with one attached hydrogen (secondary N) is 6. The van der Waals surface area contributed by atoms with E-state index in [1.54, 1.807) is 27.7 Å². The lowest BCUT2D eigenvalue weighted by Crippen LogP contribution is -2.62. The average Bonchev–Trinajstić information content (AvgIpc) is 3.12. The first-order valence-corrected chi connectivity index (χ1v) is 19.5. The van der Waals surface area contributed by atoms with Crippen molar-refractivity contribution >= 4 is 71.9 Å². The van der Waals surface area contributed by atoms with E-state index in [0.29, 0.717) is 6.42 Å². The molecule has 0 aromatic rings. The van der Waals surface area contributed by atoms with E-state index in [2.05, 4.69) is 39.2 Å². The molecule has 0 saturated heterocycles. The molecule has 1 fully saturated rings. The van der Waals surface area contributed by atoms with Crippen LogP contribution in [0.2, 0.25) is 0 Å². The van der Waals surface area contributed by atoms with Crippen LogP contribution in [0.1, 0.15) is 98.8 Å². The van der Waals surface area contributed by atoms with E-state index in [0.717, 1.165) is 39.0 Å². The quantitative estimate of drug-likeness (QED) is 0.0524. The number of carboxylic acids is 4. The summed E-state index contributed by atoms with van der Waals surface area (Å²) in [6.45, 7) is 7.73. The summed E-state index contributed by atoms with van der Waals surface area (Å²) < 4.78 is 0. The maximum absolute atomic E-state index is 14.0. The summed E-state index contributed by atoms with van der Waals surface area (Å²) >= 11 is 4.00. The van der Waals surface area contributed by atoms with Crippen molar-refractivity contribution < 1.29 is 68.4 Å². The Morgan fingerprint density at radius 3 is 1.56 bits per heavy atom. The van der Waals surface area contributed by atoms with E-state index in [1.165, 1.54) is 0 Å². The molecule has 20 nitrogen and oxygen atoms in total. The third-order valence-electron chi connectivity index (χ3n) is 9.62. The second-order valence-electron chi connectivity index (χ2n) is 14.8. The minimum Gasteiger partial charge on any atom is -0.481 e. The van der Waals surface area contributed by atoms with Crippen LogP contribution < -0.4 is 31.9 Å². The van der Waals surface area contributed by atoms with E-state index in [4.69, 9.17) is 0 Å². The summed E-state index contributed by atoms with van der Waals surface area (Å²) in [4.78, 5) is 127. The number of amides is 6. The SMILES string of the molecule is CCC(C)[C@H](NC(=O)[C@H](CC(C)C)NC(=O)[C@H](NC(=O)[C@H](CC(=O)O)NC(C)=O)C(CC(=O)O)C(=O)O)C(=O)N[C@@H](CC1CCCCC1)C(=O)N[C@@H](CS)C(=O)O. The van der Waals surface area contributed by atoms with E-state index >= 15 is 0 Å². The molecule has 0 radical (unpaired) electrons. The van der Waals surface area contributed by atoms with Gasteiger partial charge in [0.25, 0.3) is 0 Å². The molecule has 0 bridgehead atoms. The summed E-state index contributed by atoms with van der Waals surface area (Å²) in [5.41, 5.74) is 0. The first-order chi connectivity index (χ1) is 26.6. The summed E-state index contributed by atoms with van der Waals surface area (Å²) in [5, 5.41) is 52.2. The molecule has 1 saturated carbocycles. The molecular weight excluding hydrogens is 772 g/mol. The molecule has 1 aliphatic carbocycles. The first-order valence-electron chi connectivity index (χ1n) is 18.9. The van der Waals surface area contributed by atoms with Gasteiger partial charge in [0.05, 0.1) is 18.8 Å². The molecule has 1 aliphatic rings. The Labute approximate surface area is 336 Å². The zero-order chi connectivity index (χ0) is 43.6. The molecule has 2 unspecified atom stereocenters. The summed E-state index contributed by atoms with van der Waals surface area (Å²) in [6, 6.07) is -9.32. The van der Waals surface area contributed by atoms with E-state index in [9.17, 15) is 68.4 Å². The van der Waals surface area contributed by atoms with Gasteiger partial charge in [-0.05, 0) is 30.6 Å². The molecule has 0 spiro atoms. The predicted octanol–water partition coefficient (Wildman–Crippen LogP) is -0.358. The van der Waals surface area contributed by atoms with Gasteiger partial charge in [-0.15, -0.1) is 0 Å². The lowest BCUT2D eigenvalue weighted by Gasteiger charge is -2.31. The Kier molecular flexibility index (Phi) is 21.6. The highest BCUT2D eigenvalue weighted by Gasteiger charge is 2.41. The number of carbonyl (C=O) groups excluding carboxylic acids is 6. The second kappa shape index (κ2) is 24.6. The molecule has 6 amide bonds. The van der Waals surface area contributed by atoms with Crippen molar-refractivity contribution in [3.8, 4) is 0 Å². The van der Waals surface area contributed by atoms with Crippen LogP contribution in [0, 0.1) is 23.7 Å². The zero-order valence-electron chi connectivity index (χ0n) is 32.9. The molecule has 0 aromatic carbocycles. The van der Waals surface area contributed by atoms with E-state index < -0.39 is 120 Å². The van der Waals surface area contributed by atoms with Crippen LogP contribution in [0.15, 0.2) is 0 Å². The van der Waals surface area contributed by atoms with Gasteiger partial charge >= 0.3 is 23.9 Å². The Morgan fingerprint density at radius 2 is 1.09 bits per heavy atom. The van der Waals surface area contributed by atoms with Gasteiger partial charge in [0, 0.05) is 12.7 Å². The number of hydrogen-bond donors (Lipinski definition) is 11. The van der Waals surface area contributed by atoms with Crippen LogP contribution in [0.25, 0.3) is 0 Å². The third kappa shape index (κ3) is 17.8. The minimum absolute atomic E-state index is 0.0539. The van der Waals surface area contributed by atoms with Crippen LogP contribution in [0.5, 0.6) is 0 Å². The van der Waals surface area contributed by atoms with Gasteiger partial charge in [-0.2, -0.15) is 12.6 Å². The molecule has 10 N–H and O–H groups in total. The Hall–Kier alpha value is -4.95. The largest absolute Gasteiger partial charge is 0.481 e. The molecular formula is C36H58N6O14S. The fourth-order valence-corrected chi connectivity index (χ4v) is 6.64. The second-order valence-corrected chi connectivity index (χ2v) is 15.2. The predicted molar refractivity (Wildman–Crippen MR) is 204 cm³/mol. The first kappa shape index (κ1) is 50.1. The van der Waals surface area contributed by atoms with Crippen LogP contribution in [-0.2, 0) is 47.9 Å². The van der Waals surface area contributed by atoms with Crippen molar-refractivity contribution in [1.29, 1.82) is 0 Å². The normalized spacial score (nSPS) is 17.2. The third-order valence-corrected chi connectivity index (χ3v) is 9.99. The number of thiol groups is 1. The maximum atomic E-state index is 14.0. The average molecular weight is 831 g/mol. The monoisotopic (exact) mass is 830 g/mol. The lowest BCUT2D eigenvalue weighted by atomic mass is 9.84. The van der Waals surface area contributed by atoms with Crippen molar-refractivity contribution in [3.05, 3.63) is 0 Å². The highest BCUT2D eigenvalue weighted by Crippen LogP contribution is 2.27. The molecule has 322 valence electrons. The van der Waals surface area contributed by atoms with Crippen molar-refractivity contribution in [2.24, 2.45) is 23.7 Å². The zero-order valence-corrected chi connectivity index (χ0v) is 33.8. The Morgan fingerprint density at radius 1 is 0.596 bits per heavy atom. The van der Waals surface area contributed by atoms with Crippen molar-refractivity contribution in [2.45, 2.75) is 135 Å². The van der Waals surface area contributed by atoms with Gasteiger partial charge in [0.2, 0.25) is 35.4 Å². The van der Waals surface area contributed by atoms with Crippen molar-refractivity contribution in [3.63, 3.8) is 0 Å². The van der Waals surface area contributed by atoms with Gasteiger partial charge in [0.1, 0.15) is 36.3 Å². The molecule has 21 heteroatoms. The van der Waals surface area contributed by atoms with E-state index in [1.807, 2.05) is 5.32 Å². The smallest absolute Gasteiger partial charge is 0.327 e. The number of carboxylic acid groups (broad SMARTS) is 4. The molecule has 0 aliphatic heterocycles. The molecule has 57 heavy (non-hydrogen) atoms. The van der Waals surface area contributed by atoms with Gasteiger partial charge in [-0.3, -0.25) is 43.2 Å². The number of rotatable bonds is 25. The van der Waals surface area contributed by atoms with Crippen molar-refractivity contribution in [1.82, 2.24) is 31.9 Å². The lowest BCUT2D eigenvalue weighted by molar-refractivity contribution is -0.152. The summed E-state index contributed by atoms with van der Waals surface area (Å²) in [5.74, 6) is -15.5. The van der Waals surface area contributed by atoms with Gasteiger partial charge in [0.15, 0.2) is 0 Å². The highest BCUT2D eigenvalue weighted by molar-refractivity contribution is 7.80. The Bertz CT molecular complexity index is 1460. The topological polar surface area (TPSA) is 324 Å². The number of aliphatic carboxylic acids is 4. The molecule has 0 heterocycles. The maximum Gasteiger partial charge on any atom is 0.327 e. The van der Waals surface area contributed by atoms with Crippen molar-refractivity contribution in [2.75, 3.05) is 5.75 Å². The fraction of sp³-hybridized carbons (Fsp3) is 0.722. The van der Waals surface area contributed by atoms with Crippen LogP contribution in [0.4, 0.5) is 0 Å². The molecule has 0 aromatic heterocycles. The van der Waals surface area contributed by atoms with E-state index in [-0.39, 0.29) is 30.4 Å².